The van der Waals surface area contributed by atoms with Crippen LogP contribution in [0, 0.1) is 0 Å². The second-order valence-corrected chi connectivity index (χ2v) is 4.38. The summed E-state index contributed by atoms with van der Waals surface area (Å²) >= 11 is 4.52. The van der Waals surface area contributed by atoms with E-state index in [2.05, 4.69) is 26.0 Å². The van der Waals surface area contributed by atoms with Crippen LogP contribution in [0.15, 0.2) is 22.4 Å². The van der Waals surface area contributed by atoms with Gasteiger partial charge >= 0.3 is 0 Å². The molecule has 0 spiro atoms. The van der Waals surface area contributed by atoms with Gasteiger partial charge in [0, 0.05) is 18.6 Å². The molecule has 4 nitrogen and oxygen atoms in total. The van der Waals surface area contributed by atoms with E-state index in [1.54, 1.807) is 23.3 Å². The summed E-state index contributed by atoms with van der Waals surface area (Å²) in [5.74, 6) is -0.0891. The summed E-state index contributed by atoms with van der Waals surface area (Å²) in [6, 6.07) is 0. The number of hydrogen-bond donors (Lipinski definition) is 0. The monoisotopic (exact) mass is 271 g/mol. The Morgan fingerprint density at radius 3 is 2.93 bits per heavy atom. The van der Waals surface area contributed by atoms with E-state index in [0.29, 0.717) is 15.2 Å². The minimum atomic E-state index is -0.0891. The molecule has 0 aliphatic carbocycles. The maximum atomic E-state index is 11.7. The number of carbonyl (C=O) groups excluding carboxylic acids is 1. The average Bonchev–Trinajstić information content (AvgIpc) is 2.73. The minimum Gasteiger partial charge on any atom is -0.286 e. The van der Waals surface area contributed by atoms with Gasteiger partial charge < -0.3 is 0 Å². The second kappa shape index (κ2) is 3.62. The van der Waals surface area contributed by atoms with Crippen LogP contribution in [0.2, 0.25) is 0 Å². The lowest BCUT2D eigenvalue weighted by atomic mass is 10.2. The molecule has 0 atom stereocenters. The summed E-state index contributed by atoms with van der Waals surface area (Å²) in [4.78, 5) is 15.8. The van der Waals surface area contributed by atoms with Gasteiger partial charge in [0.25, 0.3) is 0 Å². The van der Waals surface area contributed by atoms with Crippen molar-refractivity contribution in [1.29, 1.82) is 0 Å². The van der Waals surface area contributed by atoms with Crippen molar-refractivity contribution < 1.29 is 4.79 Å². The fourth-order valence-electron chi connectivity index (χ4n) is 1.02. The standard InChI is InChI=1S/C8H6BrN3OS/c1-12-3-5(2-10-12)7(13)8-11-6(9)4-14-8/h2-4H,1H3. The molecule has 0 unspecified atom stereocenters. The molecule has 0 N–H and O–H groups in total. The molecule has 14 heavy (non-hydrogen) atoms. The van der Waals surface area contributed by atoms with Gasteiger partial charge in [-0.25, -0.2) is 4.98 Å². The zero-order chi connectivity index (χ0) is 10.1. The Kier molecular flexibility index (Phi) is 2.47. The largest absolute Gasteiger partial charge is 0.286 e. The highest BCUT2D eigenvalue weighted by Gasteiger charge is 2.14. The third kappa shape index (κ3) is 1.76. The fraction of sp³-hybridized carbons (Fsp3) is 0.125. The Morgan fingerprint density at radius 1 is 1.64 bits per heavy atom. The van der Waals surface area contributed by atoms with Gasteiger partial charge in [-0.2, -0.15) is 5.10 Å². The smallest absolute Gasteiger partial charge is 0.224 e. The maximum absolute atomic E-state index is 11.7. The van der Waals surface area contributed by atoms with Gasteiger partial charge in [0.2, 0.25) is 5.78 Å². The normalized spacial score (nSPS) is 10.4. The molecular formula is C8H6BrN3OS. The van der Waals surface area contributed by atoms with Crippen molar-refractivity contribution in [2.24, 2.45) is 7.05 Å². The van der Waals surface area contributed by atoms with E-state index in [-0.39, 0.29) is 5.78 Å². The van der Waals surface area contributed by atoms with Crippen LogP contribution in [0.5, 0.6) is 0 Å². The van der Waals surface area contributed by atoms with Crippen LogP contribution in [0.3, 0.4) is 0 Å². The van der Waals surface area contributed by atoms with Gasteiger partial charge in [-0.15, -0.1) is 11.3 Å². The predicted octanol–water partition coefficient (Wildman–Crippen LogP) is 1.87. The molecule has 0 bridgehead atoms. The molecule has 2 heterocycles. The molecule has 2 aromatic heterocycles. The van der Waals surface area contributed by atoms with Crippen molar-refractivity contribution in [2.75, 3.05) is 0 Å². The highest BCUT2D eigenvalue weighted by atomic mass is 79.9. The molecule has 2 rings (SSSR count). The van der Waals surface area contributed by atoms with Crippen molar-refractivity contribution in [1.82, 2.24) is 14.8 Å². The lowest BCUT2D eigenvalue weighted by Gasteiger charge is -1.89. The quantitative estimate of drug-likeness (QED) is 0.784. The summed E-state index contributed by atoms with van der Waals surface area (Å²) in [7, 11) is 1.77. The van der Waals surface area contributed by atoms with Crippen LogP contribution in [-0.2, 0) is 7.05 Å². The number of aryl methyl sites for hydroxylation is 1. The topological polar surface area (TPSA) is 47.8 Å². The Hall–Kier alpha value is -1.01. The molecule has 0 aromatic carbocycles. The average molecular weight is 272 g/mol. The van der Waals surface area contributed by atoms with Crippen LogP contribution >= 0.6 is 27.3 Å². The molecule has 2 aromatic rings. The molecule has 0 fully saturated rings. The number of thiazole rings is 1. The van der Waals surface area contributed by atoms with Crippen LogP contribution in [-0.4, -0.2) is 20.5 Å². The molecule has 0 aliphatic rings. The number of hydrogen-bond acceptors (Lipinski definition) is 4. The van der Waals surface area contributed by atoms with Crippen molar-refractivity contribution in [3.05, 3.63) is 32.9 Å². The maximum Gasteiger partial charge on any atom is 0.224 e. The zero-order valence-corrected chi connectivity index (χ0v) is 9.67. The second-order valence-electron chi connectivity index (χ2n) is 2.71. The van der Waals surface area contributed by atoms with E-state index in [4.69, 9.17) is 0 Å². The Balaban J connectivity index is 2.33. The lowest BCUT2D eigenvalue weighted by Crippen LogP contribution is -1.98. The molecule has 72 valence electrons. The minimum absolute atomic E-state index is 0.0891. The molecule has 6 heteroatoms. The van der Waals surface area contributed by atoms with Crippen molar-refractivity contribution >= 4 is 33.0 Å². The number of carbonyl (C=O) groups is 1. The molecule has 0 saturated heterocycles. The number of aromatic nitrogens is 3. The first kappa shape index (κ1) is 9.54. The summed E-state index contributed by atoms with van der Waals surface area (Å²) in [5, 5.41) is 6.19. The van der Waals surface area contributed by atoms with Crippen LogP contribution in [0.1, 0.15) is 15.4 Å². The molecular weight excluding hydrogens is 266 g/mol. The number of halogens is 1. The van der Waals surface area contributed by atoms with E-state index in [9.17, 15) is 4.79 Å². The number of nitrogens with zero attached hydrogens (tertiary/aromatic N) is 3. The molecule has 0 amide bonds. The van der Waals surface area contributed by atoms with Gasteiger partial charge in [0.15, 0.2) is 5.01 Å². The van der Waals surface area contributed by atoms with Gasteiger partial charge in [-0.05, 0) is 15.9 Å². The Morgan fingerprint density at radius 2 is 2.43 bits per heavy atom. The summed E-state index contributed by atoms with van der Waals surface area (Å²) in [6.45, 7) is 0. The summed E-state index contributed by atoms with van der Waals surface area (Å²) in [6.07, 6.45) is 3.22. The van der Waals surface area contributed by atoms with Gasteiger partial charge in [-0.1, -0.05) is 0 Å². The van der Waals surface area contributed by atoms with Crippen molar-refractivity contribution in [3.8, 4) is 0 Å². The zero-order valence-electron chi connectivity index (χ0n) is 7.27. The highest BCUT2D eigenvalue weighted by molar-refractivity contribution is 9.10. The van der Waals surface area contributed by atoms with E-state index >= 15 is 0 Å². The van der Waals surface area contributed by atoms with Crippen LogP contribution < -0.4 is 0 Å². The van der Waals surface area contributed by atoms with Gasteiger partial charge in [0.1, 0.15) is 4.60 Å². The lowest BCUT2D eigenvalue weighted by molar-refractivity contribution is 0.103. The number of ketones is 1. The first-order valence-electron chi connectivity index (χ1n) is 3.81. The third-order valence-electron chi connectivity index (χ3n) is 1.64. The van der Waals surface area contributed by atoms with Crippen molar-refractivity contribution in [2.45, 2.75) is 0 Å². The van der Waals surface area contributed by atoms with Crippen molar-refractivity contribution in [3.63, 3.8) is 0 Å². The Bertz CT molecular complexity index is 434. The van der Waals surface area contributed by atoms with E-state index in [1.165, 1.54) is 17.5 Å². The molecule has 0 radical (unpaired) electrons. The van der Waals surface area contributed by atoms with Gasteiger partial charge in [-0.3, -0.25) is 9.48 Å². The molecule has 0 aliphatic heterocycles. The predicted molar refractivity (Wildman–Crippen MR) is 56.5 cm³/mol. The fourth-order valence-corrected chi connectivity index (χ4v) is 2.23. The first-order valence-corrected chi connectivity index (χ1v) is 5.48. The summed E-state index contributed by atoms with van der Waals surface area (Å²) < 4.78 is 2.28. The number of rotatable bonds is 2. The van der Waals surface area contributed by atoms with Gasteiger partial charge in [0.05, 0.1) is 11.8 Å². The SMILES string of the molecule is Cn1cc(C(=O)c2nc(Br)cs2)cn1. The third-order valence-corrected chi connectivity index (χ3v) is 3.19. The Labute approximate surface area is 92.7 Å². The van der Waals surface area contributed by atoms with E-state index in [0.717, 1.165) is 0 Å². The highest BCUT2D eigenvalue weighted by Crippen LogP contribution is 2.17. The van der Waals surface area contributed by atoms with E-state index in [1.807, 2.05) is 0 Å². The summed E-state index contributed by atoms with van der Waals surface area (Å²) in [5.41, 5.74) is 0.564. The van der Waals surface area contributed by atoms with E-state index < -0.39 is 0 Å². The molecule has 0 saturated carbocycles. The first-order chi connectivity index (χ1) is 6.66. The van der Waals surface area contributed by atoms with Crippen LogP contribution in [0.4, 0.5) is 0 Å². The van der Waals surface area contributed by atoms with Crippen LogP contribution in [0.25, 0.3) is 0 Å².